The Bertz CT molecular complexity index is 445. The Balaban J connectivity index is 2.15. The van der Waals surface area contributed by atoms with Crippen LogP contribution in [-0.4, -0.2) is 6.10 Å². The number of ether oxygens (including phenoxy) is 1. The van der Waals surface area contributed by atoms with E-state index in [1.807, 2.05) is 0 Å². The molecule has 0 saturated heterocycles. The number of halogens is 2. The maximum Gasteiger partial charge on any atom is 0.126 e. The van der Waals surface area contributed by atoms with Crippen molar-refractivity contribution in [2.24, 2.45) is 11.8 Å². The molecule has 3 atom stereocenters. The summed E-state index contributed by atoms with van der Waals surface area (Å²) in [6.45, 7) is 6.83. The quantitative estimate of drug-likeness (QED) is 0.588. The molecule has 106 valence electrons. The molecule has 0 aliphatic heterocycles. The van der Waals surface area contributed by atoms with Crippen LogP contribution in [0.15, 0.2) is 16.6 Å². The van der Waals surface area contributed by atoms with E-state index in [2.05, 4.69) is 64.8 Å². The fourth-order valence-corrected chi connectivity index (χ4v) is 3.88. The van der Waals surface area contributed by atoms with Gasteiger partial charge in [-0.15, -0.1) is 0 Å². The summed E-state index contributed by atoms with van der Waals surface area (Å²) in [6.07, 6.45) is 4.02. The van der Waals surface area contributed by atoms with Crippen molar-refractivity contribution >= 4 is 31.9 Å². The predicted molar refractivity (Wildman–Crippen MR) is 88.1 cm³/mol. The first-order valence-corrected chi connectivity index (χ1v) is 8.94. The minimum absolute atomic E-state index is 0.379. The Hall–Kier alpha value is -0.0200. The molecule has 1 aliphatic rings. The summed E-state index contributed by atoms with van der Waals surface area (Å²) in [5.74, 6) is 2.68. The summed E-state index contributed by atoms with van der Waals surface area (Å²) >= 11 is 7.12. The van der Waals surface area contributed by atoms with Crippen LogP contribution in [0.3, 0.4) is 0 Å². The molecule has 1 saturated carbocycles. The first-order chi connectivity index (χ1) is 9.01. The highest BCUT2D eigenvalue weighted by atomic mass is 79.9. The van der Waals surface area contributed by atoms with Crippen molar-refractivity contribution in [3.8, 4) is 5.75 Å². The zero-order valence-electron chi connectivity index (χ0n) is 11.9. The summed E-state index contributed by atoms with van der Waals surface area (Å²) in [6, 6.07) is 4.28. The molecular formula is C16H22Br2O. The van der Waals surface area contributed by atoms with E-state index in [1.54, 1.807) is 0 Å². The lowest BCUT2D eigenvalue weighted by Crippen LogP contribution is -2.29. The van der Waals surface area contributed by atoms with Crippen LogP contribution in [0.4, 0.5) is 0 Å². The predicted octanol–water partition coefficient (Wildman–Crippen LogP) is 5.86. The van der Waals surface area contributed by atoms with Gasteiger partial charge in [0.1, 0.15) is 5.75 Å². The molecule has 1 nitrogen and oxygen atoms in total. The van der Waals surface area contributed by atoms with E-state index in [1.165, 1.54) is 30.4 Å². The third-order valence-electron chi connectivity index (χ3n) is 4.29. The molecule has 0 spiro atoms. The molecule has 0 amide bonds. The third-order valence-corrected chi connectivity index (χ3v) is 5.36. The van der Waals surface area contributed by atoms with Crippen LogP contribution in [0, 0.1) is 18.8 Å². The van der Waals surface area contributed by atoms with Gasteiger partial charge in [-0.05, 0) is 55.7 Å². The van der Waals surface area contributed by atoms with Gasteiger partial charge in [0.2, 0.25) is 0 Å². The Kier molecular flexibility index (Phi) is 5.36. The molecule has 1 aliphatic carbocycles. The minimum Gasteiger partial charge on any atom is -0.490 e. The number of rotatable bonds is 3. The molecule has 3 heteroatoms. The van der Waals surface area contributed by atoms with Gasteiger partial charge in [-0.25, -0.2) is 0 Å². The monoisotopic (exact) mass is 388 g/mol. The molecule has 1 aromatic rings. The molecule has 3 unspecified atom stereocenters. The maximum atomic E-state index is 6.33. The average molecular weight is 390 g/mol. The van der Waals surface area contributed by atoms with Gasteiger partial charge in [-0.1, -0.05) is 45.7 Å². The lowest BCUT2D eigenvalue weighted by molar-refractivity contribution is 0.0993. The molecular weight excluding hydrogens is 368 g/mol. The van der Waals surface area contributed by atoms with Gasteiger partial charge in [-0.2, -0.15) is 0 Å². The minimum atomic E-state index is 0.379. The highest BCUT2D eigenvalue weighted by Crippen LogP contribution is 2.35. The van der Waals surface area contributed by atoms with Crippen molar-refractivity contribution < 1.29 is 4.74 Å². The van der Waals surface area contributed by atoms with Gasteiger partial charge in [0, 0.05) is 15.4 Å². The molecule has 2 rings (SSSR count). The Morgan fingerprint density at radius 1 is 1.21 bits per heavy atom. The second kappa shape index (κ2) is 6.62. The molecule has 0 heterocycles. The van der Waals surface area contributed by atoms with Gasteiger partial charge in [-0.3, -0.25) is 0 Å². The van der Waals surface area contributed by atoms with E-state index < -0.39 is 0 Å². The second-order valence-corrected chi connectivity index (χ2v) is 7.33. The van der Waals surface area contributed by atoms with Crippen LogP contribution in [0.1, 0.15) is 44.2 Å². The molecule has 1 fully saturated rings. The number of benzene rings is 1. The largest absolute Gasteiger partial charge is 0.490 e. The third kappa shape index (κ3) is 3.75. The zero-order chi connectivity index (χ0) is 14.0. The van der Waals surface area contributed by atoms with E-state index in [-0.39, 0.29) is 0 Å². The molecule has 0 radical (unpaired) electrons. The van der Waals surface area contributed by atoms with Crippen LogP contribution in [0.25, 0.3) is 0 Å². The zero-order valence-corrected chi connectivity index (χ0v) is 15.1. The Morgan fingerprint density at radius 2 is 1.95 bits per heavy atom. The lowest BCUT2D eigenvalue weighted by Gasteiger charge is -2.33. The van der Waals surface area contributed by atoms with E-state index in [4.69, 9.17) is 4.74 Å². The first-order valence-electron chi connectivity index (χ1n) is 7.03. The number of aryl methyl sites for hydroxylation is 1. The maximum absolute atomic E-state index is 6.33. The molecule has 0 N–H and O–H groups in total. The summed E-state index contributed by atoms with van der Waals surface area (Å²) < 4.78 is 7.45. The van der Waals surface area contributed by atoms with Crippen LogP contribution in [-0.2, 0) is 5.33 Å². The normalized spacial score (nSPS) is 27.3. The van der Waals surface area contributed by atoms with E-state index in [0.717, 1.165) is 27.4 Å². The molecule has 0 bridgehead atoms. The van der Waals surface area contributed by atoms with Gasteiger partial charge in [0.15, 0.2) is 0 Å². The van der Waals surface area contributed by atoms with Gasteiger partial charge in [0.05, 0.1) is 6.10 Å². The average Bonchev–Trinajstić information content (AvgIpc) is 2.36. The standard InChI is InChI=1S/C16H22Br2O/c1-10-4-5-15(7-11(10)2)19-16-12(3)6-14(18)8-13(16)9-17/h6,8,10-11,15H,4-5,7,9H2,1-3H3. The van der Waals surface area contributed by atoms with E-state index in [9.17, 15) is 0 Å². The van der Waals surface area contributed by atoms with Crippen LogP contribution in [0.2, 0.25) is 0 Å². The highest BCUT2D eigenvalue weighted by Gasteiger charge is 2.26. The molecule has 1 aromatic carbocycles. The van der Waals surface area contributed by atoms with Crippen molar-refractivity contribution in [1.29, 1.82) is 0 Å². The number of alkyl halides is 1. The fraction of sp³-hybridized carbons (Fsp3) is 0.625. The van der Waals surface area contributed by atoms with Crippen LogP contribution < -0.4 is 4.74 Å². The van der Waals surface area contributed by atoms with Crippen LogP contribution >= 0.6 is 31.9 Å². The van der Waals surface area contributed by atoms with Crippen molar-refractivity contribution in [1.82, 2.24) is 0 Å². The summed E-state index contributed by atoms with van der Waals surface area (Å²) in [5, 5.41) is 0.835. The summed E-state index contributed by atoms with van der Waals surface area (Å²) in [4.78, 5) is 0. The van der Waals surface area contributed by atoms with E-state index >= 15 is 0 Å². The molecule has 0 aromatic heterocycles. The summed E-state index contributed by atoms with van der Waals surface area (Å²) in [7, 11) is 0. The van der Waals surface area contributed by atoms with Crippen molar-refractivity contribution in [2.45, 2.75) is 51.5 Å². The van der Waals surface area contributed by atoms with Crippen molar-refractivity contribution in [2.75, 3.05) is 0 Å². The van der Waals surface area contributed by atoms with Gasteiger partial charge in [0.25, 0.3) is 0 Å². The van der Waals surface area contributed by atoms with Crippen molar-refractivity contribution in [3.05, 3.63) is 27.7 Å². The van der Waals surface area contributed by atoms with E-state index in [0.29, 0.717) is 6.10 Å². The Morgan fingerprint density at radius 3 is 2.58 bits per heavy atom. The smallest absolute Gasteiger partial charge is 0.126 e. The number of hydrogen-bond donors (Lipinski definition) is 0. The summed E-state index contributed by atoms with van der Waals surface area (Å²) in [5.41, 5.74) is 2.45. The molecule has 19 heavy (non-hydrogen) atoms. The SMILES string of the molecule is Cc1cc(Br)cc(CBr)c1OC1CCC(C)C(C)C1. The van der Waals surface area contributed by atoms with Crippen molar-refractivity contribution in [3.63, 3.8) is 0 Å². The fourth-order valence-electron chi connectivity index (χ4n) is 2.84. The van der Waals surface area contributed by atoms with Gasteiger partial charge >= 0.3 is 0 Å². The topological polar surface area (TPSA) is 9.23 Å². The second-order valence-electron chi connectivity index (χ2n) is 5.85. The lowest BCUT2D eigenvalue weighted by atomic mass is 9.80. The first kappa shape index (κ1) is 15.4. The van der Waals surface area contributed by atoms with Gasteiger partial charge < -0.3 is 4.74 Å². The number of hydrogen-bond acceptors (Lipinski definition) is 1. The van der Waals surface area contributed by atoms with Crippen LogP contribution in [0.5, 0.6) is 5.75 Å². The Labute approximate surface area is 133 Å². The highest BCUT2D eigenvalue weighted by molar-refractivity contribution is 9.10.